The second-order valence-corrected chi connectivity index (χ2v) is 5.11. The van der Waals surface area contributed by atoms with Gasteiger partial charge in [-0.3, -0.25) is 4.79 Å². The first kappa shape index (κ1) is 15.5. The molecule has 0 aromatic heterocycles. The molecule has 0 aliphatic carbocycles. The van der Waals surface area contributed by atoms with Gasteiger partial charge in [0, 0.05) is 25.3 Å². The number of hydrogen-bond acceptors (Lipinski definition) is 3. The highest BCUT2D eigenvalue weighted by atomic mass is 16.4. The predicted molar refractivity (Wildman–Crippen MR) is 78.8 cm³/mol. The van der Waals surface area contributed by atoms with Crippen LogP contribution >= 0.6 is 0 Å². The summed E-state index contributed by atoms with van der Waals surface area (Å²) in [4.78, 5) is 13.2. The number of hydrogen-bond donors (Lipinski definition) is 2. The molecule has 1 unspecified atom stereocenters. The molecule has 19 heavy (non-hydrogen) atoms. The molecule has 4 heteroatoms. The molecule has 0 radical (unpaired) electrons. The number of nitrogens with one attached hydrogen (secondary N) is 1. The van der Waals surface area contributed by atoms with Gasteiger partial charge in [-0.05, 0) is 24.1 Å². The van der Waals surface area contributed by atoms with Crippen molar-refractivity contribution in [1.29, 1.82) is 0 Å². The van der Waals surface area contributed by atoms with Gasteiger partial charge in [0.15, 0.2) is 0 Å². The van der Waals surface area contributed by atoms with Crippen molar-refractivity contribution in [2.24, 2.45) is 0 Å². The third-order valence-corrected chi connectivity index (χ3v) is 3.07. The number of rotatable bonds is 7. The van der Waals surface area contributed by atoms with Gasteiger partial charge in [-0.1, -0.05) is 32.9 Å². The van der Waals surface area contributed by atoms with Gasteiger partial charge in [-0.25, -0.2) is 0 Å². The van der Waals surface area contributed by atoms with E-state index in [2.05, 4.69) is 24.4 Å². The molecular weight excluding hydrogens is 240 g/mol. The lowest BCUT2D eigenvalue weighted by Gasteiger charge is -2.25. The monoisotopic (exact) mass is 264 g/mol. The second kappa shape index (κ2) is 7.14. The Morgan fingerprint density at radius 3 is 2.32 bits per heavy atom. The number of carboxylic acids is 1. The predicted octanol–water partition coefficient (Wildman–Crippen LogP) is 2.14. The maximum absolute atomic E-state index is 11.2. The van der Waals surface area contributed by atoms with Crippen molar-refractivity contribution in [3.8, 4) is 0 Å². The van der Waals surface area contributed by atoms with E-state index in [-0.39, 0.29) is 6.04 Å². The summed E-state index contributed by atoms with van der Waals surface area (Å²) in [5.74, 6) is -0.814. The second-order valence-electron chi connectivity index (χ2n) is 5.11. The lowest BCUT2D eigenvalue weighted by Crippen LogP contribution is -2.47. The topological polar surface area (TPSA) is 52.6 Å². The normalized spacial score (nSPS) is 12.5. The van der Waals surface area contributed by atoms with Crippen molar-refractivity contribution in [3.63, 3.8) is 0 Å². The summed E-state index contributed by atoms with van der Waals surface area (Å²) in [6.45, 7) is 6.46. The van der Waals surface area contributed by atoms with E-state index in [0.29, 0.717) is 6.54 Å². The molecule has 1 aromatic carbocycles. The molecule has 1 rings (SSSR count). The van der Waals surface area contributed by atoms with E-state index in [1.54, 1.807) is 0 Å². The van der Waals surface area contributed by atoms with E-state index < -0.39 is 12.0 Å². The fourth-order valence-corrected chi connectivity index (χ4v) is 1.97. The number of aliphatic carboxylic acids is 1. The Morgan fingerprint density at radius 1 is 1.32 bits per heavy atom. The van der Waals surface area contributed by atoms with Crippen LogP contribution < -0.4 is 10.2 Å². The minimum atomic E-state index is -0.814. The van der Waals surface area contributed by atoms with Crippen molar-refractivity contribution in [1.82, 2.24) is 5.32 Å². The Balaban J connectivity index is 2.69. The van der Waals surface area contributed by atoms with Crippen LogP contribution in [0, 0.1) is 0 Å². The first-order valence-electron chi connectivity index (χ1n) is 6.73. The number of anilines is 1. The standard InChI is InChI=1S/C15H24N2O2/c1-5-12-6-8-13(9-7-12)17(4)10-14(15(18)19)16-11(2)3/h6-9,11,14,16H,5,10H2,1-4H3,(H,18,19). The van der Waals surface area contributed by atoms with Crippen LogP contribution in [0.15, 0.2) is 24.3 Å². The highest BCUT2D eigenvalue weighted by molar-refractivity contribution is 5.74. The molecule has 4 nitrogen and oxygen atoms in total. The summed E-state index contributed by atoms with van der Waals surface area (Å²) < 4.78 is 0. The van der Waals surface area contributed by atoms with E-state index in [9.17, 15) is 9.90 Å². The average Bonchev–Trinajstić information content (AvgIpc) is 2.37. The molecule has 0 aliphatic heterocycles. The van der Waals surface area contributed by atoms with Crippen molar-refractivity contribution in [2.75, 3.05) is 18.5 Å². The van der Waals surface area contributed by atoms with Crippen molar-refractivity contribution < 1.29 is 9.90 Å². The molecule has 0 spiro atoms. The summed E-state index contributed by atoms with van der Waals surface area (Å²) in [7, 11) is 1.92. The number of benzene rings is 1. The van der Waals surface area contributed by atoms with Crippen LogP contribution in [0.1, 0.15) is 26.3 Å². The fraction of sp³-hybridized carbons (Fsp3) is 0.533. The summed E-state index contributed by atoms with van der Waals surface area (Å²) in [6, 6.07) is 7.82. The van der Waals surface area contributed by atoms with Gasteiger partial charge >= 0.3 is 5.97 Å². The summed E-state index contributed by atoms with van der Waals surface area (Å²) in [6.07, 6.45) is 1.01. The number of carbonyl (C=O) groups is 1. The van der Waals surface area contributed by atoms with Crippen LogP contribution in [0.5, 0.6) is 0 Å². The van der Waals surface area contributed by atoms with Gasteiger partial charge in [0.2, 0.25) is 0 Å². The van der Waals surface area contributed by atoms with E-state index >= 15 is 0 Å². The highest BCUT2D eigenvalue weighted by Gasteiger charge is 2.20. The average molecular weight is 264 g/mol. The van der Waals surface area contributed by atoms with E-state index in [4.69, 9.17) is 0 Å². The summed E-state index contributed by atoms with van der Waals surface area (Å²) >= 11 is 0. The quantitative estimate of drug-likeness (QED) is 0.792. The van der Waals surface area contributed by atoms with Crippen LogP contribution in [0.3, 0.4) is 0 Å². The van der Waals surface area contributed by atoms with E-state index in [1.807, 2.05) is 37.9 Å². The molecule has 0 amide bonds. The molecule has 0 saturated heterocycles. The van der Waals surface area contributed by atoms with Gasteiger partial charge < -0.3 is 15.3 Å². The van der Waals surface area contributed by atoms with Crippen LogP contribution in [0.25, 0.3) is 0 Å². The van der Waals surface area contributed by atoms with E-state index in [1.165, 1.54) is 5.56 Å². The zero-order chi connectivity index (χ0) is 14.4. The highest BCUT2D eigenvalue weighted by Crippen LogP contribution is 2.14. The zero-order valence-corrected chi connectivity index (χ0v) is 12.2. The molecule has 0 bridgehead atoms. The zero-order valence-electron chi connectivity index (χ0n) is 12.2. The molecule has 1 atom stereocenters. The Hall–Kier alpha value is -1.55. The lowest BCUT2D eigenvalue weighted by molar-refractivity contribution is -0.139. The summed E-state index contributed by atoms with van der Waals surface area (Å²) in [5.41, 5.74) is 2.32. The smallest absolute Gasteiger partial charge is 0.322 e. The molecule has 0 aliphatic rings. The molecular formula is C15H24N2O2. The Bertz CT molecular complexity index is 401. The van der Waals surface area contributed by atoms with Gasteiger partial charge in [0.05, 0.1) is 0 Å². The number of aryl methyl sites for hydroxylation is 1. The molecule has 0 fully saturated rings. The van der Waals surface area contributed by atoms with Crippen LogP contribution in [0.2, 0.25) is 0 Å². The molecule has 2 N–H and O–H groups in total. The third-order valence-electron chi connectivity index (χ3n) is 3.07. The van der Waals surface area contributed by atoms with Crippen LogP contribution in [-0.4, -0.2) is 36.8 Å². The maximum Gasteiger partial charge on any atom is 0.322 e. The summed E-state index contributed by atoms with van der Waals surface area (Å²) in [5, 5.41) is 12.3. The first-order chi connectivity index (χ1) is 8.93. The van der Waals surface area contributed by atoms with Gasteiger partial charge in [0.25, 0.3) is 0 Å². The lowest BCUT2D eigenvalue weighted by atomic mass is 10.1. The van der Waals surface area contributed by atoms with Gasteiger partial charge in [-0.2, -0.15) is 0 Å². The Kier molecular flexibility index (Phi) is 5.83. The molecule has 0 saturated carbocycles. The van der Waals surface area contributed by atoms with Gasteiger partial charge in [0.1, 0.15) is 6.04 Å². The van der Waals surface area contributed by atoms with Crippen LogP contribution in [-0.2, 0) is 11.2 Å². The first-order valence-corrected chi connectivity index (χ1v) is 6.73. The number of likely N-dealkylation sites (N-methyl/N-ethyl adjacent to an activating group) is 1. The number of carboxylic acid groups (broad SMARTS) is 1. The van der Waals surface area contributed by atoms with Gasteiger partial charge in [-0.15, -0.1) is 0 Å². The Labute approximate surface area is 115 Å². The SMILES string of the molecule is CCc1ccc(N(C)CC(NC(C)C)C(=O)O)cc1. The van der Waals surface area contributed by atoms with Crippen molar-refractivity contribution in [2.45, 2.75) is 39.3 Å². The molecule has 1 aromatic rings. The largest absolute Gasteiger partial charge is 0.480 e. The minimum Gasteiger partial charge on any atom is -0.480 e. The van der Waals surface area contributed by atoms with Crippen molar-refractivity contribution >= 4 is 11.7 Å². The minimum absolute atomic E-state index is 0.150. The third kappa shape index (κ3) is 4.91. The van der Waals surface area contributed by atoms with Crippen LogP contribution in [0.4, 0.5) is 5.69 Å². The Morgan fingerprint density at radius 2 is 1.89 bits per heavy atom. The number of nitrogens with zero attached hydrogens (tertiary/aromatic N) is 1. The fourth-order valence-electron chi connectivity index (χ4n) is 1.97. The van der Waals surface area contributed by atoms with Crippen molar-refractivity contribution in [3.05, 3.63) is 29.8 Å². The van der Waals surface area contributed by atoms with E-state index in [0.717, 1.165) is 12.1 Å². The molecule has 106 valence electrons. The molecule has 0 heterocycles. The maximum atomic E-state index is 11.2.